The predicted molar refractivity (Wildman–Crippen MR) is 57.1 cm³/mol. The van der Waals surface area contributed by atoms with E-state index in [4.69, 9.17) is 10.7 Å². The maximum Gasteiger partial charge on any atom is 0.156 e. The molecule has 0 saturated heterocycles. The van der Waals surface area contributed by atoms with Gasteiger partial charge in [-0.2, -0.15) is 5.90 Å². The number of hydrogen-bond donors (Lipinski definition) is 2. The summed E-state index contributed by atoms with van der Waals surface area (Å²) in [5.74, 6) is 5.97. The highest BCUT2D eigenvalue weighted by Gasteiger charge is 2.07. The Kier molecular flexibility index (Phi) is 2.41. The van der Waals surface area contributed by atoms with Gasteiger partial charge in [0, 0.05) is 17.1 Å². The number of H-pyrrole nitrogens is 1. The van der Waals surface area contributed by atoms with Crippen LogP contribution in [0.25, 0.3) is 10.9 Å². The Morgan fingerprint density at radius 1 is 1.43 bits per heavy atom. The molecule has 0 aliphatic heterocycles. The fourth-order valence-electron chi connectivity index (χ4n) is 1.78. The predicted octanol–water partition coefficient (Wildman–Crippen LogP) is 2.37. The van der Waals surface area contributed by atoms with Gasteiger partial charge in [-0.1, -0.05) is 19.4 Å². The second-order valence-corrected chi connectivity index (χ2v) is 3.36. The van der Waals surface area contributed by atoms with Crippen LogP contribution >= 0.6 is 0 Å². The molecule has 0 unspecified atom stereocenters. The molecule has 3 N–H and O–H groups in total. The number of hydrogen-bond acceptors (Lipinski definition) is 2. The first-order valence-electron chi connectivity index (χ1n) is 4.82. The molecule has 1 heterocycles. The van der Waals surface area contributed by atoms with Gasteiger partial charge in [0.2, 0.25) is 0 Å². The van der Waals surface area contributed by atoms with E-state index in [2.05, 4.69) is 11.9 Å². The Bertz CT molecular complexity index is 434. The van der Waals surface area contributed by atoms with Gasteiger partial charge in [-0.15, -0.1) is 0 Å². The summed E-state index contributed by atoms with van der Waals surface area (Å²) in [6.07, 6.45) is 4.18. The maximum absolute atomic E-state index is 5.23. The summed E-state index contributed by atoms with van der Waals surface area (Å²) in [5.41, 5.74) is 2.35. The fourth-order valence-corrected chi connectivity index (χ4v) is 1.78. The molecule has 0 fully saturated rings. The zero-order chi connectivity index (χ0) is 9.97. The van der Waals surface area contributed by atoms with Crippen LogP contribution < -0.4 is 10.7 Å². The van der Waals surface area contributed by atoms with Crippen molar-refractivity contribution < 1.29 is 4.84 Å². The number of nitrogens with two attached hydrogens (primary N) is 1. The molecule has 0 aliphatic carbocycles. The number of aryl methyl sites for hydroxylation is 1. The topological polar surface area (TPSA) is 51.0 Å². The van der Waals surface area contributed by atoms with Crippen LogP contribution in [-0.4, -0.2) is 4.98 Å². The highest BCUT2D eigenvalue weighted by Crippen LogP contribution is 2.28. The molecular formula is C11H14N2O. The molecule has 0 saturated carbocycles. The Morgan fingerprint density at radius 2 is 2.29 bits per heavy atom. The Morgan fingerprint density at radius 3 is 3.00 bits per heavy atom. The molecule has 0 amide bonds. The van der Waals surface area contributed by atoms with Gasteiger partial charge in [0.1, 0.15) is 0 Å². The molecule has 74 valence electrons. The van der Waals surface area contributed by atoms with Gasteiger partial charge in [0.05, 0.1) is 0 Å². The van der Waals surface area contributed by atoms with Gasteiger partial charge in [-0.25, -0.2) is 0 Å². The second kappa shape index (κ2) is 3.72. The Balaban J connectivity index is 2.62. The molecule has 2 aromatic rings. The minimum atomic E-state index is 0.743. The van der Waals surface area contributed by atoms with Crippen molar-refractivity contribution in [2.24, 2.45) is 5.90 Å². The molecule has 0 atom stereocenters. The van der Waals surface area contributed by atoms with E-state index >= 15 is 0 Å². The standard InChI is InChI=1S/C11H14N2O/c1-2-4-8-7-13-9-5-3-6-10(14-12)11(8)9/h3,5-7,13H,2,4,12H2,1H3. The third kappa shape index (κ3) is 1.36. The van der Waals surface area contributed by atoms with E-state index in [1.165, 1.54) is 5.56 Å². The van der Waals surface area contributed by atoms with Crippen molar-refractivity contribution in [1.82, 2.24) is 4.98 Å². The normalized spacial score (nSPS) is 10.7. The van der Waals surface area contributed by atoms with Crippen molar-refractivity contribution in [3.63, 3.8) is 0 Å². The van der Waals surface area contributed by atoms with Crippen molar-refractivity contribution in [1.29, 1.82) is 0 Å². The molecule has 1 aromatic heterocycles. The largest absolute Gasteiger partial charge is 0.411 e. The van der Waals surface area contributed by atoms with Gasteiger partial charge >= 0.3 is 0 Å². The van der Waals surface area contributed by atoms with Crippen molar-refractivity contribution >= 4 is 10.9 Å². The average Bonchev–Trinajstić information content (AvgIpc) is 2.62. The summed E-state index contributed by atoms with van der Waals surface area (Å²) in [6.45, 7) is 2.16. The molecule has 14 heavy (non-hydrogen) atoms. The second-order valence-electron chi connectivity index (χ2n) is 3.36. The number of nitrogens with one attached hydrogen (secondary N) is 1. The van der Waals surface area contributed by atoms with E-state index < -0.39 is 0 Å². The highest BCUT2D eigenvalue weighted by molar-refractivity contribution is 5.89. The van der Waals surface area contributed by atoms with Gasteiger partial charge in [0.15, 0.2) is 5.75 Å². The number of rotatable bonds is 3. The molecule has 1 aromatic carbocycles. The molecule has 0 spiro atoms. The summed E-state index contributed by atoms with van der Waals surface area (Å²) in [4.78, 5) is 8.06. The summed E-state index contributed by atoms with van der Waals surface area (Å²) in [5, 5.41) is 1.11. The first-order valence-corrected chi connectivity index (χ1v) is 4.82. The first kappa shape index (κ1) is 9.09. The van der Waals surface area contributed by atoms with Gasteiger partial charge in [-0.3, -0.25) is 0 Å². The molecule has 2 rings (SSSR count). The van der Waals surface area contributed by atoms with E-state index in [1.807, 2.05) is 24.4 Å². The zero-order valence-corrected chi connectivity index (χ0v) is 8.21. The summed E-state index contributed by atoms with van der Waals surface area (Å²) in [6, 6.07) is 5.84. The third-order valence-corrected chi connectivity index (χ3v) is 2.40. The SMILES string of the molecule is CCCc1c[nH]c2cccc(ON)c12. The van der Waals surface area contributed by atoms with Crippen molar-refractivity contribution in [3.8, 4) is 5.75 Å². The number of benzene rings is 1. The van der Waals surface area contributed by atoms with Gasteiger partial charge < -0.3 is 9.82 Å². The number of fused-ring (bicyclic) bond motifs is 1. The van der Waals surface area contributed by atoms with Crippen LogP contribution in [0, 0.1) is 0 Å². The lowest BCUT2D eigenvalue weighted by molar-refractivity contribution is 0.338. The lowest BCUT2D eigenvalue weighted by Crippen LogP contribution is -2.02. The molecule has 0 aliphatic rings. The van der Waals surface area contributed by atoms with Crippen LogP contribution in [0.3, 0.4) is 0 Å². The highest BCUT2D eigenvalue weighted by atomic mass is 16.6. The van der Waals surface area contributed by atoms with Crippen LogP contribution in [0.5, 0.6) is 5.75 Å². The zero-order valence-electron chi connectivity index (χ0n) is 8.21. The van der Waals surface area contributed by atoms with E-state index in [0.717, 1.165) is 29.5 Å². The molecule has 3 heteroatoms. The summed E-state index contributed by atoms with van der Waals surface area (Å²) < 4.78 is 0. The van der Waals surface area contributed by atoms with Crippen LogP contribution in [0.4, 0.5) is 0 Å². The van der Waals surface area contributed by atoms with E-state index in [9.17, 15) is 0 Å². The van der Waals surface area contributed by atoms with E-state index in [0.29, 0.717) is 0 Å². The maximum atomic E-state index is 5.23. The average molecular weight is 190 g/mol. The quantitative estimate of drug-likeness (QED) is 0.730. The van der Waals surface area contributed by atoms with Crippen LogP contribution in [0.2, 0.25) is 0 Å². The lowest BCUT2D eigenvalue weighted by Gasteiger charge is -2.02. The van der Waals surface area contributed by atoms with E-state index in [-0.39, 0.29) is 0 Å². The number of aromatic nitrogens is 1. The van der Waals surface area contributed by atoms with Crippen molar-refractivity contribution in [2.75, 3.05) is 0 Å². The number of aromatic amines is 1. The molecule has 3 nitrogen and oxygen atoms in total. The van der Waals surface area contributed by atoms with Crippen LogP contribution in [0.15, 0.2) is 24.4 Å². The van der Waals surface area contributed by atoms with Gasteiger partial charge in [0.25, 0.3) is 0 Å². The summed E-state index contributed by atoms with van der Waals surface area (Å²) >= 11 is 0. The fraction of sp³-hybridized carbons (Fsp3) is 0.273. The molecule has 0 radical (unpaired) electrons. The van der Waals surface area contributed by atoms with Crippen molar-refractivity contribution in [2.45, 2.75) is 19.8 Å². The summed E-state index contributed by atoms with van der Waals surface area (Å²) in [7, 11) is 0. The van der Waals surface area contributed by atoms with Crippen molar-refractivity contribution in [3.05, 3.63) is 30.0 Å². The first-order chi connectivity index (χ1) is 6.86. The smallest absolute Gasteiger partial charge is 0.156 e. The Hall–Kier alpha value is -1.48. The van der Waals surface area contributed by atoms with E-state index in [1.54, 1.807) is 0 Å². The molecule has 0 bridgehead atoms. The lowest BCUT2D eigenvalue weighted by atomic mass is 10.1. The minimum absolute atomic E-state index is 0.743. The monoisotopic (exact) mass is 190 g/mol. The van der Waals surface area contributed by atoms with Gasteiger partial charge in [-0.05, 0) is 24.1 Å². The Labute approximate surface area is 82.8 Å². The third-order valence-electron chi connectivity index (χ3n) is 2.40. The molecular weight excluding hydrogens is 176 g/mol. The van der Waals surface area contributed by atoms with Crippen LogP contribution in [0.1, 0.15) is 18.9 Å². The minimum Gasteiger partial charge on any atom is -0.411 e. The van der Waals surface area contributed by atoms with Crippen LogP contribution in [-0.2, 0) is 6.42 Å².